The van der Waals surface area contributed by atoms with Crippen LogP contribution >= 0.6 is 124 Å². The average Bonchev–Trinajstić information content (AvgIpc) is 2.67. The standard InChI is InChI=1S/2C5H5.10ClH.3Ti/c2*1-2-4-5-3-1;;;;;;;;;;;;;/h2*1-3H,4H2;10*1H;;;/q2*-1;;;;;;;;;;;;;. The van der Waals surface area contributed by atoms with Gasteiger partial charge in [0.1, 0.15) is 0 Å². The molecule has 0 aromatic heterocycles. The second-order valence-electron chi connectivity index (χ2n) is 2.01. The van der Waals surface area contributed by atoms with Crippen LogP contribution in [0.1, 0.15) is 12.8 Å². The fourth-order valence-electron chi connectivity index (χ4n) is 0.680. The second-order valence-corrected chi connectivity index (χ2v) is 2.01. The zero-order valence-corrected chi connectivity index (χ0v) is 24.3. The molecule has 0 saturated carbocycles. The average molecular weight is 638 g/mol. The van der Waals surface area contributed by atoms with Crippen LogP contribution in [0.4, 0.5) is 0 Å². The van der Waals surface area contributed by atoms with Crippen molar-refractivity contribution in [3.63, 3.8) is 0 Å². The molecular weight excluding hydrogens is 618 g/mol. The van der Waals surface area contributed by atoms with Gasteiger partial charge in [-0.3, -0.25) is 12.2 Å². The van der Waals surface area contributed by atoms with Crippen LogP contribution in [0, 0.1) is 12.2 Å². The number of hydrogen-bond acceptors (Lipinski definition) is 0. The maximum atomic E-state index is 2.99. The molecule has 23 heavy (non-hydrogen) atoms. The normalized spacial score (nSPS) is 7.65. The van der Waals surface area contributed by atoms with Gasteiger partial charge in [0.05, 0.1) is 0 Å². The SMILES string of the molecule is Cl.Cl.Cl.Cl.Cl.Cl.Cl.Cl.Cl.Cl.[C-]1=CC=CC1.[C-]1=CC=CC1.[Ti].[Ti].[Ti]. The molecule has 0 aromatic carbocycles. The van der Waals surface area contributed by atoms with E-state index in [9.17, 15) is 0 Å². The van der Waals surface area contributed by atoms with Gasteiger partial charge in [-0.2, -0.15) is 12.2 Å². The molecule has 0 radical (unpaired) electrons. The van der Waals surface area contributed by atoms with Gasteiger partial charge < -0.3 is 0 Å². The quantitative estimate of drug-likeness (QED) is 0.202. The van der Waals surface area contributed by atoms with E-state index >= 15 is 0 Å². The fraction of sp³-hybridized carbons (Fsp3) is 0.200. The van der Waals surface area contributed by atoms with Crippen molar-refractivity contribution >= 4 is 124 Å². The van der Waals surface area contributed by atoms with Gasteiger partial charge in [0, 0.05) is 65.2 Å². The summed E-state index contributed by atoms with van der Waals surface area (Å²) in [6, 6.07) is 0. The Bertz CT molecular complexity index is 171. The third kappa shape index (κ3) is 76.4. The van der Waals surface area contributed by atoms with E-state index in [0.717, 1.165) is 12.8 Å². The van der Waals surface area contributed by atoms with E-state index in [0.29, 0.717) is 0 Å². The van der Waals surface area contributed by atoms with E-state index in [-0.39, 0.29) is 189 Å². The first-order valence-electron chi connectivity index (χ1n) is 3.43. The Morgan fingerprint density at radius 2 is 0.652 bits per heavy atom. The summed E-state index contributed by atoms with van der Waals surface area (Å²) in [5.74, 6) is 0. The molecule has 0 aromatic rings. The van der Waals surface area contributed by atoms with Crippen LogP contribution in [0.25, 0.3) is 0 Å². The Morgan fingerprint density at radius 1 is 0.435 bits per heavy atom. The monoisotopic (exact) mass is 634 g/mol. The van der Waals surface area contributed by atoms with Crippen LogP contribution in [0.2, 0.25) is 0 Å². The van der Waals surface area contributed by atoms with Crippen LogP contribution in [0.5, 0.6) is 0 Å². The summed E-state index contributed by atoms with van der Waals surface area (Å²) in [5, 5.41) is 0. The van der Waals surface area contributed by atoms with Crippen LogP contribution in [-0.2, 0) is 65.2 Å². The predicted octanol–water partition coefficient (Wildman–Crippen LogP) is 6.82. The third-order valence-electron chi connectivity index (χ3n) is 1.17. The maximum Gasteiger partial charge on any atom is 0 e. The molecule has 0 spiro atoms. The van der Waals surface area contributed by atoms with Crippen molar-refractivity contribution in [3.05, 3.63) is 48.6 Å². The minimum Gasteiger partial charge on any atom is -0.273 e. The van der Waals surface area contributed by atoms with Crippen LogP contribution < -0.4 is 0 Å². The molecule has 0 atom stereocenters. The summed E-state index contributed by atoms with van der Waals surface area (Å²) < 4.78 is 0. The molecule has 2 rings (SSSR count). The zero-order chi connectivity index (χ0) is 7.07. The largest absolute Gasteiger partial charge is 0.273 e. The molecule has 144 valence electrons. The summed E-state index contributed by atoms with van der Waals surface area (Å²) in [5.41, 5.74) is 0. The molecule has 0 saturated heterocycles. The first kappa shape index (κ1) is 93.1. The van der Waals surface area contributed by atoms with Crippen LogP contribution in [0.15, 0.2) is 36.5 Å². The Kier molecular flexibility index (Phi) is 336. The maximum absolute atomic E-state index is 2.99. The van der Waals surface area contributed by atoms with Crippen molar-refractivity contribution in [1.82, 2.24) is 0 Å². The van der Waals surface area contributed by atoms with Crippen molar-refractivity contribution < 1.29 is 65.2 Å². The van der Waals surface area contributed by atoms with Crippen molar-refractivity contribution in [2.45, 2.75) is 12.8 Å². The first-order chi connectivity index (χ1) is 5.00. The van der Waals surface area contributed by atoms with E-state index in [1.807, 2.05) is 24.3 Å². The molecule has 0 fully saturated rings. The van der Waals surface area contributed by atoms with Gasteiger partial charge in [-0.05, 0) is 0 Å². The minimum atomic E-state index is 0. The number of rotatable bonds is 0. The van der Waals surface area contributed by atoms with Crippen molar-refractivity contribution in [2.75, 3.05) is 0 Å². The summed E-state index contributed by atoms with van der Waals surface area (Å²) in [4.78, 5) is 0. The molecule has 0 unspecified atom stereocenters. The second kappa shape index (κ2) is 82.9. The Labute approximate surface area is 247 Å². The van der Waals surface area contributed by atoms with E-state index in [1.54, 1.807) is 0 Å². The molecule has 0 aliphatic heterocycles. The molecular formula is C10H20Cl10Ti3-2. The third-order valence-corrected chi connectivity index (χ3v) is 1.17. The van der Waals surface area contributed by atoms with Gasteiger partial charge in [-0.25, -0.2) is 24.3 Å². The summed E-state index contributed by atoms with van der Waals surface area (Å²) in [6.45, 7) is 0. The molecule has 0 nitrogen and oxygen atoms in total. The van der Waals surface area contributed by atoms with Crippen LogP contribution in [-0.4, -0.2) is 0 Å². The van der Waals surface area contributed by atoms with E-state index in [2.05, 4.69) is 24.3 Å². The molecule has 0 heterocycles. The Balaban J connectivity index is -0.00000000505. The Morgan fingerprint density at radius 3 is 0.696 bits per heavy atom. The van der Waals surface area contributed by atoms with Gasteiger partial charge in [0.2, 0.25) is 0 Å². The van der Waals surface area contributed by atoms with Gasteiger partial charge >= 0.3 is 0 Å². The number of allylic oxidation sites excluding steroid dienone is 8. The Hall–Kier alpha value is 4.00. The van der Waals surface area contributed by atoms with E-state index in [1.165, 1.54) is 0 Å². The first-order valence-corrected chi connectivity index (χ1v) is 3.43. The number of halogens is 10. The summed E-state index contributed by atoms with van der Waals surface area (Å²) >= 11 is 0. The molecule has 0 amide bonds. The van der Waals surface area contributed by atoms with Crippen molar-refractivity contribution in [1.29, 1.82) is 0 Å². The smallest absolute Gasteiger partial charge is 0 e. The van der Waals surface area contributed by atoms with Crippen LogP contribution in [0.3, 0.4) is 0 Å². The topological polar surface area (TPSA) is 0 Å². The molecule has 2 aliphatic carbocycles. The van der Waals surface area contributed by atoms with Gasteiger partial charge in [-0.15, -0.1) is 137 Å². The van der Waals surface area contributed by atoms with Gasteiger partial charge in [-0.1, -0.05) is 0 Å². The fourth-order valence-corrected chi connectivity index (χ4v) is 0.680. The van der Waals surface area contributed by atoms with E-state index < -0.39 is 0 Å². The summed E-state index contributed by atoms with van der Waals surface area (Å²) in [7, 11) is 0. The zero-order valence-electron chi connectivity index (χ0n) is 11.5. The molecule has 13 heteroatoms. The van der Waals surface area contributed by atoms with E-state index in [4.69, 9.17) is 0 Å². The van der Waals surface area contributed by atoms with Crippen molar-refractivity contribution in [3.8, 4) is 0 Å². The predicted molar refractivity (Wildman–Crippen MR) is 116 cm³/mol. The molecule has 2 aliphatic rings. The molecule has 0 N–H and O–H groups in total. The summed E-state index contributed by atoms with van der Waals surface area (Å²) in [6.07, 6.45) is 20.0. The number of hydrogen-bond donors (Lipinski definition) is 0. The van der Waals surface area contributed by atoms with Gasteiger partial charge in [0.25, 0.3) is 0 Å². The minimum absolute atomic E-state index is 0. The molecule has 0 bridgehead atoms. The van der Waals surface area contributed by atoms with Gasteiger partial charge in [0.15, 0.2) is 0 Å². The van der Waals surface area contributed by atoms with Crippen molar-refractivity contribution in [2.24, 2.45) is 0 Å².